The van der Waals surface area contributed by atoms with Gasteiger partial charge in [-0.1, -0.05) is 6.58 Å². The number of carbonyl (C=O) groups excluding carboxylic acids is 2. The topological polar surface area (TPSA) is 129 Å². The number of benzene rings is 2. The lowest BCUT2D eigenvalue weighted by Crippen LogP contribution is -2.50. The van der Waals surface area contributed by atoms with E-state index in [1.54, 1.807) is 30.9 Å². The van der Waals surface area contributed by atoms with Crippen LogP contribution in [0.1, 0.15) is 58.3 Å². The monoisotopic (exact) mass is 652 g/mol. The van der Waals surface area contributed by atoms with E-state index in [-0.39, 0.29) is 48.1 Å². The SMILES string of the molecule is C=C(c1c(C)cc(C(=O)N2CCC(O)CC2)cc1C)S(=O)(=O)N1CCC2(CC1)N=C(c1ccc(F)c(OC(F)(F)F)c1)NC2=O. The number of aliphatic hydroxyl groups is 1. The molecule has 0 bridgehead atoms. The Bertz CT molecular complexity index is 1670. The minimum absolute atomic E-state index is 0.00457. The third-order valence-electron chi connectivity index (χ3n) is 8.42. The smallest absolute Gasteiger partial charge is 0.403 e. The number of hydrogen-bond acceptors (Lipinski definition) is 7. The molecule has 1 spiro atoms. The number of nitrogens with zero attached hydrogens (tertiary/aromatic N) is 3. The molecule has 15 heteroatoms. The van der Waals surface area contributed by atoms with Crippen LogP contribution in [-0.4, -0.2) is 84.6 Å². The Kier molecular flexibility index (Phi) is 8.57. The number of amidine groups is 1. The number of aryl methyl sites for hydroxylation is 2. The average Bonchev–Trinajstić information content (AvgIpc) is 3.28. The van der Waals surface area contributed by atoms with Gasteiger partial charge in [-0.15, -0.1) is 13.2 Å². The third kappa shape index (κ3) is 6.47. The normalized spacial score (nSPS) is 19.4. The van der Waals surface area contributed by atoms with Gasteiger partial charge in [0, 0.05) is 37.3 Å². The number of alkyl halides is 3. The number of aliphatic imine (C=N–C) groups is 1. The quantitative estimate of drug-likeness (QED) is 0.459. The molecule has 0 unspecified atom stereocenters. The van der Waals surface area contributed by atoms with Crippen LogP contribution in [-0.2, 0) is 14.8 Å². The number of ether oxygens (including phenoxy) is 1. The molecule has 10 nitrogen and oxygen atoms in total. The first kappa shape index (κ1) is 32.6. The fourth-order valence-electron chi connectivity index (χ4n) is 6.01. The summed E-state index contributed by atoms with van der Waals surface area (Å²) in [5.41, 5.74) is 0.531. The maximum absolute atomic E-state index is 13.9. The number of piperidine rings is 2. The molecule has 2 N–H and O–H groups in total. The molecule has 2 saturated heterocycles. The number of carbonyl (C=O) groups is 2. The maximum Gasteiger partial charge on any atom is 0.573 e. The summed E-state index contributed by atoms with van der Waals surface area (Å²) in [4.78, 5) is 32.0. The second-order valence-corrected chi connectivity index (χ2v) is 13.4. The van der Waals surface area contributed by atoms with E-state index in [9.17, 15) is 40.7 Å². The third-order valence-corrected chi connectivity index (χ3v) is 10.3. The second kappa shape index (κ2) is 11.8. The summed E-state index contributed by atoms with van der Waals surface area (Å²) >= 11 is 0. The molecule has 0 atom stereocenters. The Morgan fingerprint density at radius 2 is 1.69 bits per heavy atom. The molecule has 2 amide bonds. The Morgan fingerprint density at radius 3 is 2.27 bits per heavy atom. The lowest BCUT2D eigenvalue weighted by molar-refractivity contribution is -0.275. The summed E-state index contributed by atoms with van der Waals surface area (Å²) in [5.74, 6) is -3.15. The molecule has 3 aliphatic heterocycles. The van der Waals surface area contributed by atoms with Gasteiger partial charge in [0.1, 0.15) is 11.4 Å². The number of amides is 2. The van der Waals surface area contributed by atoms with Gasteiger partial charge in [-0.3, -0.25) is 14.6 Å². The summed E-state index contributed by atoms with van der Waals surface area (Å²) in [6, 6.07) is 5.95. The summed E-state index contributed by atoms with van der Waals surface area (Å²) in [7, 11) is -4.11. The van der Waals surface area contributed by atoms with Crippen LogP contribution in [0.2, 0.25) is 0 Å². The molecule has 45 heavy (non-hydrogen) atoms. The summed E-state index contributed by atoms with van der Waals surface area (Å²) in [6.07, 6.45) is -4.60. The van der Waals surface area contributed by atoms with Crippen LogP contribution in [0.5, 0.6) is 5.75 Å². The van der Waals surface area contributed by atoms with Crippen molar-refractivity contribution in [2.45, 2.75) is 57.5 Å². The molecular formula is C30H32F4N4O6S. The van der Waals surface area contributed by atoms with Crippen molar-refractivity contribution in [2.24, 2.45) is 4.99 Å². The molecule has 5 rings (SSSR count). The molecular weight excluding hydrogens is 620 g/mol. The summed E-state index contributed by atoms with van der Waals surface area (Å²) < 4.78 is 84.2. The van der Waals surface area contributed by atoms with Crippen molar-refractivity contribution in [1.82, 2.24) is 14.5 Å². The number of likely N-dealkylation sites (tertiary alicyclic amines) is 1. The molecule has 3 heterocycles. The number of halogens is 4. The molecule has 0 saturated carbocycles. The molecule has 2 aromatic carbocycles. The van der Waals surface area contributed by atoms with Crippen molar-refractivity contribution in [1.29, 1.82) is 0 Å². The molecule has 2 aromatic rings. The highest BCUT2D eigenvalue weighted by Gasteiger charge is 2.48. The zero-order chi connectivity index (χ0) is 32.9. The van der Waals surface area contributed by atoms with Crippen molar-refractivity contribution >= 4 is 32.6 Å². The highest BCUT2D eigenvalue weighted by Crippen LogP contribution is 2.37. The van der Waals surface area contributed by atoms with E-state index in [1.165, 1.54) is 4.31 Å². The second-order valence-electron chi connectivity index (χ2n) is 11.5. The number of aliphatic hydroxyl groups excluding tert-OH is 1. The van der Waals surface area contributed by atoms with Gasteiger partial charge in [-0.2, -0.15) is 4.31 Å². The van der Waals surface area contributed by atoms with Crippen molar-refractivity contribution in [2.75, 3.05) is 26.2 Å². The first-order valence-electron chi connectivity index (χ1n) is 14.3. The highest BCUT2D eigenvalue weighted by molar-refractivity contribution is 7.98. The summed E-state index contributed by atoms with van der Waals surface area (Å²) in [5, 5.41) is 12.3. The van der Waals surface area contributed by atoms with E-state index in [0.29, 0.717) is 48.2 Å². The highest BCUT2D eigenvalue weighted by atomic mass is 32.2. The average molecular weight is 653 g/mol. The van der Waals surface area contributed by atoms with Crippen LogP contribution in [0.3, 0.4) is 0 Å². The maximum atomic E-state index is 13.9. The molecule has 0 aliphatic carbocycles. The molecule has 0 aromatic heterocycles. The van der Waals surface area contributed by atoms with Crippen molar-refractivity contribution in [3.63, 3.8) is 0 Å². The van der Waals surface area contributed by atoms with Gasteiger partial charge in [-0.25, -0.2) is 12.8 Å². The van der Waals surface area contributed by atoms with Crippen molar-refractivity contribution in [3.8, 4) is 5.75 Å². The Labute approximate surface area is 257 Å². The largest absolute Gasteiger partial charge is 0.573 e. The van der Waals surface area contributed by atoms with E-state index in [4.69, 9.17) is 0 Å². The number of sulfonamides is 1. The lowest BCUT2D eigenvalue weighted by atomic mass is 9.89. The number of rotatable bonds is 6. The van der Waals surface area contributed by atoms with Gasteiger partial charge in [0.2, 0.25) is 10.0 Å². The molecule has 3 aliphatic rings. The van der Waals surface area contributed by atoms with E-state index in [2.05, 4.69) is 21.6 Å². The minimum Gasteiger partial charge on any atom is -0.403 e. The van der Waals surface area contributed by atoms with Gasteiger partial charge in [0.15, 0.2) is 11.6 Å². The van der Waals surface area contributed by atoms with E-state index >= 15 is 0 Å². The predicted octanol–water partition coefficient (Wildman–Crippen LogP) is 3.65. The lowest BCUT2D eigenvalue weighted by Gasteiger charge is -2.35. The predicted molar refractivity (Wildman–Crippen MR) is 156 cm³/mol. The van der Waals surface area contributed by atoms with Crippen LogP contribution in [0, 0.1) is 19.7 Å². The van der Waals surface area contributed by atoms with E-state index in [0.717, 1.165) is 18.2 Å². The van der Waals surface area contributed by atoms with Gasteiger partial charge in [-0.05, 0) is 86.6 Å². The minimum atomic E-state index is -5.13. The Balaban J connectivity index is 1.31. The fraction of sp³-hybridized carbons (Fsp3) is 0.433. The standard InChI is InChI=1S/C30H32F4N4O6S/c1-17-14-21(27(40)37-10-6-22(39)7-11-37)15-18(2)25(17)19(3)45(42,43)38-12-8-29(9-13-38)28(41)35-26(36-29)20-4-5-23(31)24(16-20)44-30(32,33)34/h4-5,14-16,22,39H,3,6-13H2,1-2H3,(H,35,36,41). The van der Waals surface area contributed by atoms with Gasteiger partial charge in [0.05, 0.1) is 11.0 Å². The first-order chi connectivity index (χ1) is 21.0. The molecule has 0 radical (unpaired) electrons. The van der Waals surface area contributed by atoms with Crippen LogP contribution in [0.15, 0.2) is 41.9 Å². The van der Waals surface area contributed by atoms with Crippen LogP contribution in [0.25, 0.3) is 4.91 Å². The zero-order valence-corrected chi connectivity index (χ0v) is 25.4. The first-order valence-corrected chi connectivity index (χ1v) is 15.7. The van der Waals surface area contributed by atoms with Crippen LogP contribution >= 0.6 is 0 Å². The molecule has 2 fully saturated rings. The number of hydrogen-bond donors (Lipinski definition) is 2. The molecule has 242 valence electrons. The van der Waals surface area contributed by atoms with Crippen molar-refractivity contribution < 1.29 is 45.4 Å². The van der Waals surface area contributed by atoms with Crippen LogP contribution in [0.4, 0.5) is 17.6 Å². The van der Waals surface area contributed by atoms with Gasteiger partial charge in [0.25, 0.3) is 11.8 Å². The van der Waals surface area contributed by atoms with E-state index < -0.39 is 45.5 Å². The van der Waals surface area contributed by atoms with Gasteiger partial charge >= 0.3 is 6.36 Å². The van der Waals surface area contributed by atoms with Crippen molar-refractivity contribution in [3.05, 3.63) is 70.5 Å². The van der Waals surface area contributed by atoms with Crippen LogP contribution < -0.4 is 10.1 Å². The summed E-state index contributed by atoms with van der Waals surface area (Å²) in [6.45, 7) is 7.96. The Hall–Kier alpha value is -3.82. The zero-order valence-electron chi connectivity index (χ0n) is 24.6. The number of nitrogens with one attached hydrogen (secondary N) is 1. The fourth-order valence-corrected chi connectivity index (χ4v) is 7.56. The van der Waals surface area contributed by atoms with E-state index in [1.807, 2.05) is 0 Å². The Morgan fingerprint density at radius 1 is 1.09 bits per heavy atom. The van der Waals surface area contributed by atoms with Gasteiger partial charge < -0.3 is 20.1 Å².